The largest absolute Gasteiger partial charge is 0.497 e. The summed E-state index contributed by atoms with van der Waals surface area (Å²) in [6, 6.07) is 16.2. The molecule has 2 aromatic rings. The molecule has 1 amide bonds. The number of carbonyl (C=O) groups excluding carboxylic acids is 1. The number of amides is 1. The van der Waals surface area contributed by atoms with Gasteiger partial charge in [-0.1, -0.05) is 42.0 Å². The van der Waals surface area contributed by atoms with E-state index in [4.69, 9.17) is 4.74 Å². The van der Waals surface area contributed by atoms with E-state index in [1.807, 2.05) is 70.2 Å². The van der Waals surface area contributed by atoms with Gasteiger partial charge in [-0.2, -0.15) is 0 Å². The lowest BCUT2D eigenvalue weighted by molar-refractivity contribution is -0.126. The highest BCUT2D eigenvalue weighted by Crippen LogP contribution is 2.24. The van der Waals surface area contributed by atoms with E-state index in [0.29, 0.717) is 0 Å². The third kappa shape index (κ3) is 4.38. The maximum absolute atomic E-state index is 12.7. The molecule has 3 nitrogen and oxygen atoms in total. The molecule has 1 unspecified atom stereocenters. The van der Waals surface area contributed by atoms with Gasteiger partial charge in [-0.15, -0.1) is 0 Å². The van der Waals surface area contributed by atoms with Gasteiger partial charge in [0.25, 0.3) is 0 Å². The standard InChI is InChI=1S/C21H27NO2/c1-15-9-11-18(12-10-15)21(3,4)20(23)22-16(2)13-17-7-6-8-19(14-17)24-5/h6-12,14,16H,13H2,1-5H3,(H,22,23). The summed E-state index contributed by atoms with van der Waals surface area (Å²) < 4.78 is 5.25. The Hall–Kier alpha value is -2.29. The van der Waals surface area contributed by atoms with E-state index in [0.717, 1.165) is 23.3 Å². The first kappa shape index (κ1) is 18.1. The zero-order valence-electron chi connectivity index (χ0n) is 15.2. The quantitative estimate of drug-likeness (QED) is 0.871. The van der Waals surface area contributed by atoms with Gasteiger partial charge in [-0.25, -0.2) is 0 Å². The summed E-state index contributed by atoms with van der Waals surface area (Å²) in [5.74, 6) is 0.882. The highest BCUT2D eigenvalue weighted by molar-refractivity contribution is 5.87. The van der Waals surface area contributed by atoms with Crippen molar-refractivity contribution in [2.45, 2.75) is 45.6 Å². The number of hydrogen-bond donors (Lipinski definition) is 1. The second-order valence-electron chi connectivity index (χ2n) is 6.92. The molecule has 128 valence electrons. The van der Waals surface area contributed by atoms with E-state index in [1.165, 1.54) is 5.56 Å². The van der Waals surface area contributed by atoms with Gasteiger partial charge in [0.1, 0.15) is 5.75 Å². The zero-order valence-corrected chi connectivity index (χ0v) is 15.2. The Kier molecular flexibility index (Phi) is 5.66. The Balaban J connectivity index is 2.03. The van der Waals surface area contributed by atoms with Gasteiger partial charge in [0.05, 0.1) is 12.5 Å². The minimum atomic E-state index is -0.559. The van der Waals surface area contributed by atoms with Crippen LogP contribution in [0.15, 0.2) is 48.5 Å². The Labute approximate surface area is 145 Å². The van der Waals surface area contributed by atoms with E-state index in [2.05, 4.69) is 11.4 Å². The van der Waals surface area contributed by atoms with Gasteiger partial charge >= 0.3 is 0 Å². The summed E-state index contributed by atoms with van der Waals surface area (Å²) in [6.07, 6.45) is 0.771. The fourth-order valence-electron chi connectivity index (χ4n) is 2.71. The maximum atomic E-state index is 12.7. The SMILES string of the molecule is COc1cccc(CC(C)NC(=O)C(C)(C)c2ccc(C)cc2)c1. The summed E-state index contributed by atoms with van der Waals surface area (Å²) in [7, 11) is 1.66. The highest BCUT2D eigenvalue weighted by atomic mass is 16.5. The molecule has 2 rings (SSSR count). The molecule has 0 heterocycles. The molecule has 0 saturated heterocycles. The number of carbonyl (C=O) groups is 1. The van der Waals surface area contributed by atoms with Crippen LogP contribution in [-0.4, -0.2) is 19.1 Å². The summed E-state index contributed by atoms with van der Waals surface area (Å²) in [4.78, 5) is 12.7. The Morgan fingerprint density at radius 3 is 2.46 bits per heavy atom. The molecule has 0 aliphatic rings. The van der Waals surface area contributed by atoms with Crippen LogP contribution in [0.3, 0.4) is 0 Å². The summed E-state index contributed by atoms with van der Waals surface area (Å²) >= 11 is 0. The summed E-state index contributed by atoms with van der Waals surface area (Å²) in [6.45, 7) is 8.01. The molecule has 0 aliphatic heterocycles. The van der Waals surface area contributed by atoms with Crippen molar-refractivity contribution >= 4 is 5.91 Å². The highest BCUT2D eigenvalue weighted by Gasteiger charge is 2.30. The van der Waals surface area contributed by atoms with Crippen molar-refractivity contribution in [1.29, 1.82) is 0 Å². The molecule has 24 heavy (non-hydrogen) atoms. The lowest BCUT2D eigenvalue weighted by Crippen LogP contribution is -2.44. The van der Waals surface area contributed by atoms with Crippen molar-refractivity contribution in [3.63, 3.8) is 0 Å². The van der Waals surface area contributed by atoms with E-state index in [-0.39, 0.29) is 11.9 Å². The molecule has 0 bridgehead atoms. The summed E-state index contributed by atoms with van der Waals surface area (Å²) in [5, 5.41) is 3.14. The van der Waals surface area contributed by atoms with Gasteiger partial charge in [0, 0.05) is 6.04 Å². The molecular weight excluding hydrogens is 298 g/mol. The smallest absolute Gasteiger partial charge is 0.230 e. The average molecular weight is 325 g/mol. The van der Waals surface area contributed by atoms with Crippen LogP contribution < -0.4 is 10.1 Å². The number of ether oxygens (including phenoxy) is 1. The van der Waals surface area contributed by atoms with Crippen LogP contribution in [0.5, 0.6) is 5.75 Å². The number of rotatable bonds is 6. The Bertz CT molecular complexity index is 689. The molecule has 3 heteroatoms. The van der Waals surface area contributed by atoms with E-state index in [1.54, 1.807) is 7.11 Å². The van der Waals surface area contributed by atoms with Crippen LogP contribution in [-0.2, 0) is 16.6 Å². The van der Waals surface area contributed by atoms with Crippen molar-refractivity contribution in [3.8, 4) is 5.75 Å². The third-order valence-electron chi connectivity index (χ3n) is 4.39. The van der Waals surface area contributed by atoms with Crippen LogP contribution >= 0.6 is 0 Å². The third-order valence-corrected chi connectivity index (χ3v) is 4.39. The predicted octanol–water partition coefficient (Wildman–Crippen LogP) is 4.03. The molecule has 0 saturated carbocycles. The number of benzene rings is 2. The van der Waals surface area contributed by atoms with Gasteiger partial charge in [0.2, 0.25) is 5.91 Å². The zero-order chi connectivity index (χ0) is 17.7. The molecule has 0 radical (unpaired) electrons. The van der Waals surface area contributed by atoms with Crippen molar-refractivity contribution < 1.29 is 9.53 Å². The fraction of sp³-hybridized carbons (Fsp3) is 0.381. The number of methoxy groups -OCH3 is 1. The van der Waals surface area contributed by atoms with E-state index < -0.39 is 5.41 Å². The van der Waals surface area contributed by atoms with Gasteiger partial charge in [0.15, 0.2) is 0 Å². The van der Waals surface area contributed by atoms with Crippen LogP contribution in [0.1, 0.15) is 37.5 Å². The van der Waals surface area contributed by atoms with Gasteiger partial charge < -0.3 is 10.1 Å². The second-order valence-corrected chi connectivity index (χ2v) is 6.92. The minimum absolute atomic E-state index is 0.0433. The first-order valence-corrected chi connectivity index (χ1v) is 8.34. The van der Waals surface area contributed by atoms with Gasteiger partial charge in [-0.05, 0) is 57.4 Å². The number of aryl methyl sites for hydroxylation is 1. The molecular formula is C21H27NO2. The normalized spacial score (nSPS) is 12.5. The molecule has 0 aliphatic carbocycles. The molecule has 1 atom stereocenters. The van der Waals surface area contributed by atoms with Crippen molar-refractivity contribution in [3.05, 3.63) is 65.2 Å². The molecule has 0 spiro atoms. The fourth-order valence-corrected chi connectivity index (χ4v) is 2.71. The Morgan fingerprint density at radius 1 is 1.17 bits per heavy atom. The first-order chi connectivity index (χ1) is 11.3. The maximum Gasteiger partial charge on any atom is 0.230 e. The van der Waals surface area contributed by atoms with Crippen LogP contribution in [0, 0.1) is 6.92 Å². The van der Waals surface area contributed by atoms with Crippen molar-refractivity contribution in [1.82, 2.24) is 5.32 Å². The van der Waals surface area contributed by atoms with Gasteiger partial charge in [-0.3, -0.25) is 4.79 Å². The molecule has 0 fully saturated rings. The molecule has 2 aromatic carbocycles. The van der Waals surface area contributed by atoms with Crippen molar-refractivity contribution in [2.75, 3.05) is 7.11 Å². The van der Waals surface area contributed by atoms with E-state index in [9.17, 15) is 4.79 Å². The first-order valence-electron chi connectivity index (χ1n) is 8.34. The summed E-state index contributed by atoms with van der Waals surface area (Å²) in [5.41, 5.74) is 2.81. The predicted molar refractivity (Wildman–Crippen MR) is 98.5 cm³/mol. The number of nitrogens with one attached hydrogen (secondary N) is 1. The Morgan fingerprint density at radius 2 is 1.83 bits per heavy atom. The van der Waals surface area contributed by atoms with Crippen molar-refractivity contribution in [2.24, 2.45) is 0 Å². The molecule has 1 N–H and O–H groups in total. The van der Waals surface area contributed by atoms with Crippen LogP contribution in [0.2, 0.25) is 0 Å². The lowest BCUT2D eigenvalue weighted by Gasteiger charge is -2.27. The second kappa shape index (κ2) is 7.52. The average Bonchev–Trinajstić information content (AvgIpc) is 2.55. The lowest BCUT2D eigenvalue weighted by atomic mass is 9.83. The monoisotopic (exact) mass is 325 g/mol. The van der Waals surface area contributed by atoms with E-state index >= 15 is 0 Å². The topological polar surface area (TPSA) is 38.3 Å². The minimum Gasteiger partial charge on any atom is -0.497 e. The van der Waals surface area contributed by atoms with Crippen LogP contribution in [0.4, 0.5) is 0 Å². The van der Waals surface area contributed by atoms with Crippen LogP contribution in [0.25, 0.3) is 0 Å². The molecule has 0 aromatic heterocycles. The number of hydrogen-bond acceptors (Lipinski definition) is 2.